The number of aliphatic hydroxyl groups excluding tert-OH is 1. The van der Waals surface area contributed by atoms with Crippen molar-refractivity contribution in [2.75, 3.05) is 26.7 Å². The number of likely N-dealkylation sites (N-methyl/N-ethyl adjacent to an activating group) is 1. The van der Waals surface area contributed by atoms with E-state index in [1.54, 1.807) is 11.9 Å². The lowest BCUT2D eigenvalue weighted by molar-refractivity contribution is -0.132. The Kier molecular flexibility index (Phi) is 5.59. The molecule has 0 radical (unpaired) electrons. The van der Waals surface area contributed by atoms with Crippen molar-refractivity contribution >= 4 is 5.91 Å². The number of nitrogens with one attached hydrogen (secondary N) is 1. The zero-order valence-corrected chi connectivity index (χ0v) is 12.7. The smallest absolute Gasteiger partial charge is 0.239 e. The highest BCUT2D eigenvalue weighted by Gasteiger charge is 2.29. The summed E-state index contributed by atoms with van der Waals surface area (Å²) in [5.41, 5.74) is 1.12. The first-order chi connectivity index (χ1) is 10.1. The number of aliphatic hydroxyl groups is 1. The molecule has 0 unspecified atom stereocenters. The second-order valence-electron chi connectivity index (χ2n) is 5.58. The quantitative estimate of drug-likeness (QED) is 0.766. The van der Waals surface area contributed by atoms with Crippen LogP contribution in [0.1, 0.15) is 18.4 Å². The van der Waals surface area contributed by atoms with Crippen molar-refractivity contribution < 1.29 is 14.6 Å². The molecule has 0 aromatic heterocycles. The van der Waals surface area contributed by atoms with Gasteiger partial charge in [0.25, 0.3) is 0 Å². The van der Waals surface area contributed by atoms with E-state index in [1.807, 2.05) is 31.2 Å². The van der Waals surface area contributed by atoms with Gasteiger partial charge in [0.2, 0.25) is 5.91 Å². The summed E-state index contributed by atoms with van der Waals surface area (Å²) in [7, 11) is 1.79. The largest absolute Gasteiger partial charge is 0.493 e. The number of rotatable bonds is 6. The van der Waals surface area contributed by atoms with E-state index in [0.29, 0.717) is 26.1 Å². The van der Waals surface area contributed by atoms with Gasteiger partial charge in [0.15, 0.2) is 0 Å². The van der Waals surface area contributed by atoms with Gasteiger partial charge in [0.05, 0.1) is 18.8 Å². The number of β-amino-alcohol motifs (C(OH)–C–C–N with tert-alkyl or cyclic N) is 1. The molecule has 1 fully saturated rings. The molecule has 21 heavy (non-hydrogen) atoms. The van der Waals surface area contributed by atoms with Crippen LogP contribution in [0.4, 0.5) is 0 Å². The summed E-state index contributed by atoms with van der Waals surface area (Å²) in [6.07, 6.45) is 0.881. The third-order valence-corrected chi connectivity index (χ3v) is 3.77. The van der Waals surface area contributed by atoms with Crippen molar-refractivity contribution in [2.24, 2.45) is 0 Å². The van der Waals surface area contributed by atoms with Crippen LogP contribution >= 0.6 is 0 Å². The highest BCUT2D eigenvalue weighted by Crippen LogP contribution is 2.16. The number of amides is 1. The molecule has 5 nitrogen and oxygen atoms in total. The fourth-order valence-electron chi connectivity index (χ4n) is 2.48. The number of hydrogen-bond donors (Lipinski definition) is 2. The summed E-state index contributed by atoms with van der Waals surface area (Å²) in [5.74, 6) is 0.939. The first-order valence-corrected chi connectivity index (χ1v) is 7.43. The molecule has 1 aliphatic rings. The lowest BCUT2D eigenvalue weighted by Gasteiger charge is -2.21. The van der Waals surface area contributed by atoms with Crippen molar-refractivity contribution in [1.82, 2.24) is 10.2 Å². The van der Waals surface area contributed by atoms with Crippen molar-refractivity contribution in [3.05, 3.63) is 29.8 Å². The molecule has 2 rings (SSSR count). The highest BCUT2D eigenvalue weighted by atomic mass is 16.5. The third kappa shape index (κ3) is 4.44. The van der Waals surface area contributed by atoms with E-state index in [4.69, 9.17) is 4.74 Å². The number of hydrogen-bond acceptors (Lipinski definition) is 4. The Hall–Kier alpha value is -1.59. The monoisotopic (exact) mass is 292 g/mol. The fourth-order valence-corrected chi connectivity index (χ4v) is 2.48. The molecular formula is C16H24N2O3. The number of carbonyl (C=O) groups excluding carboxylic acids is 1. The molecule has 5 heteroatoms. The Morgan fingerprint density at radius 1 is 1.48 bits per heavy atom. The van der Waals surface area contributed by atoms with Gasteiger partial charge >= 0.3 is 0 Å². The van der Waals surface area contributed by atoms with Gasteiger partial charge < -0.3 is 20.1 Å². The SMILES string of the molecule is Cc1ccccc1OCCCN(C)C(=O)[C@H]1C[C@H](O)CN1. The van der Waals surface area contributed by atoms with Gasteiger partial charge in [-0.2, -0.15) is 0 Å². The minimum atomic E-state index is -0.406. The number of carbonyl (C=O) groups is 1. The number of ether oxygens (including phenoxy) is 1. The predicted molar refractivity (Wildman–Crippen MR) is 81.3 cm³/mol. The standard InChI is InChI=1S/C16H24N2O3/c1-12-6-3-4-7-15(12)21-9-5-8-18(2)16(20)14-10-13(19)11-17-14/h3-4,6-7,13-14,17,19H,5,8-11H2,1-2H3/t13-,14+/m0/s1. The average molecular weight is 292 g/mol. The topological polar surface area (TPSA) is 61.8 Å². The van der Waals surface area contributed by atoms with Crippen molar-refractivity contribution in [1.29, 1.82) is 0 Å². The predicted octanol–water partition coefficient (Wildman–Crippen LogP) is 0.945. The van der Waals surface area contributed by atoms with E-state index >= 15 is 0 Å². The van der Waals surface area contributed by atoms with Gasteiger partial charge in [-0.25, -0.2) is 0 Å². The Morgan fingerprint density at radius 3 is 2.90 bits per heavy atom. The summed E-state index contributed by atoms with van der Waals surface area (Å²) in [4.78, 5) is 13.8. The molecule has 0 aliphatic carbocycles. The molecule has 0 saturated carbocycles. The molecule has 116 valence electrons. The Morgan fingerprint density at radius 2 is 2.24 bits per heavy atom. The summed E-state index contributed by atoms with van der Waals surface area (Å²) in [5, 5.41) is 12.5. The summed E-state index contributed by atoms with van der Waals surface area (Å²) in [6, 6.07) is 7.66. The lowest BCUT2D eigenvalue weighted by atomic mass is 10.2. The van der Waals surface area contributed by atoms with Crippen LogP contribution in [-0.4, -0.2) is 54.8 Å². The van der Waals surface area contributed by atoms with E-state index < -0.39 is 6.10 Å². The first kappa shape index (κ1) is 15.8. The average Bonchev–Trinajstić information content (AvgIpc) is 2.91. The van der Waals surface area contributed by atoms with Crippen LogP contribution in [0, 0.1) is 6.92 Å². The van der Waals surface area contributed by atoms with Crippen LogP contribution in [0.3, 0.4) is 0 Å². The van der Waals surface area contributed by atoms with Crippen molar-refractivity contribution in [2.45, 2.75) is 31.9 Å². The van der Waals surface area contributed by atoms with E-state index in [1.165, 1.54) is 0 Å². The second-order valence-corrected chi connectivity index (χ2v) is 5.58. The molecule has 1 aromatic rings. The molecule has 1 saturated heterocycles. The van der Waals surface area contributed by atoms with Crippen molar-refractivity contribution in [3.63, 3.8) is 0 Å². The van der Waals surface area contributed by atoms with E-state index in [0.717, 1.165) is 17.7 Å². The summed E-state index contributed by atoms with van der Waals surface area (Å²) >= 11 is 0. The molecule has 2 atom stereocenters. The summed E-state index contributed by atoms with van der Waals surface area (Å²) in [6.45, 7) is 3.75. The van der Waals surface area contributed by atoms with Gasteiger partial charge in [0.1, 0.15) is 5.75 Å². The minimum Gasteiger partial charge on any atom is -0.493 e. The van der Waals surface area contributed by atoms with Crippen molar-refractivity contribution in [3.8, 4) is 5.75 Å². The van der Waals surface area contributed by atoms with Crippen LogP contribution in [0.5, 0.6) is 5.75 Å². The molecule has 0 spiro atoms. The molecule has 1 heterocycles. The van der Waals surface area contributed by atoms with E-state index in [2.05, 4.69) is 5.32 Å². The summed E-state index contributed by atoms with van der Waals surface area (Å²) < 4.78 is 5.72. The number of nitrogens with zero attached hydrogens (tertiary/aromatic N) is 1. The molecule has 0 bridgehead atoms. The first-order valence-electron chi connectivity index (χ1n) is 7.43. The lowest BCUT2D eigenvalue weighted by Crippen LogP contribution is -2.42. The third-order valence-electron chi connectivity index (χ3n) is 3.77. The van der Waals surface area contributed by atoms with Gasteiger partial charge in [-0.15, -0.1) is 0 Å². The Bertz CT molecular complexity index is 478. The fraction of sp³-hybridized carbons (Fsp3) is 0.562. The molecule has 1 aromatic carbocycles. The van der Waals surface area contributed by atoms with Crippen LogP contribution in [-0.2, 0) is 4.79 Å². The van der Waals surface area contributed by atoms with E-state index in [-0.39, 0.29) is 11.9 Å². The zero-order valence-electron chi connectivity index (χ0n) is 12.7. The van der Waals surface area contributed by atoms with Gasteiger partial charge in [-0.3, -0.25) is 4.79 Å². The maximum atomic E-state index is 12.1. The molecule has 1 amide bonds. The maximum Gasteiger partial charge on any atom is 0.239 e. The number of para-hydroxylation sites is 1. The van der Waals surface area contributed by atoms with Crippen LogP contribution in [0.2, 0.25) is 0 Å². The van der Waals surface area contributed by atoms with Gasteiger partial charge in [-0.05, 0) is 31.4 Å². The molecular weight excluding hydrogens is 268 g/mol. The molecule has 1 aliphatic heterocycles. The zero-order chi connectivity index (χ0) is 15.2. The Labute approximate surface area is 125 Å². The normalized spacial score (nSPS) is 21.3. The van der Waals surface area contributed by atoms with Crippen LogP contribution < -0.4 is 10.1 Å². The number of aryl methyl sites for hydroxylation is 1. The minimum absolute atomic E-state index is 0.0439. The van der Waals surface area contributed by atoms with E-state index in [9.17, 15) is 9.90 Å². The molecule has 2 N–H and O–H groups in total. The van der Waals surface area contributed by atoms with Crippen LogP contribution in [0.25, 0.3) is 0 Å². The highest BCUT2D eigenvalue weighted by molar-refractivity contribution is 5.82. The number of benzene rings is 1. The Balaban J connectivity index is 1.68. The van der Waals surface area contributed by atoms with Gasteiger partial charge in [0, 0.05) is 20.1 Å². The second kappa shape index (κ2) is 7.43. The maximum absolute atomic E-state index is 12.1. The van der Waals surface area contributed by atoms with Crippen LogP contribution in [0.15, 0.2) is 24.3 Å². The van der Waals surface area contributed by atoms with Gasteiger partial charge in [-0.1, -0.05) is 18.2 Å².